The van der Waals surface area contributed by atoms with E-state index >= 15 is 0 Å². The summed E-state index contributed by atoms with van der Waals surface area (Å²) in [5.74, 6) is -0.300. The van der Waals surface area contributed by atoms with Crippen molar-refractivity contribution < 1.29 is 18.7 Å². The molecule has 1 fully saturated rings. The Labute approximate surface area is 118 Å². The predicted octanol–water partition coefficient (Wildman–Crippen LogP) is 1.57. The molecular weight excluding hydrogens is 276 g/mol. The van der Waals surface area contributed by atoms with Crippen molar-refractivity contribution in [1.82, 2.24) is 4.98 Å². The van der Waals surface area contributed by atoms with E-state index in [0.29, 0.717) is 16.2 Å². The zero-order chi connectivity index (χ0) is 15.0. The molecule has 21 heavy (non-hydrogen) atoms. The van der Waals surface area contributed by atoms with Gasteiger partial charge in [0.1, 0.15) is 11.4 Å². The second-order valence-electron chi connectivity index (χ2n) is 4.41. The zero-order valence-electron chi connectivity index (χ0n) is 11.0. The van der Waals surface area contributed by atoms with Crippen LogP contribution in [-0.4, -0.2) is 23.1 Å². The van der Waals surface area contributed by atoms with E-state index in [1.165, 1.54) is 25.3 Å². The summed E-state index contributed by atoms with van der Waals surface area (Å²) >= 11 is 0. The summed E-state index contributed by atoms with van der Waals surface area (Å²) in [7, 11) is 0. The highest BCUT2D eigenvalue weighted by molar-refractivity contribution is 6.17. The number of ether oxygens (including phenoxy) is 1. The number of rotatable bonds is 2. The first kappa shape index (κ1) is 13.0. The van der Waals surface area contributed by atoms with Crippen molar-refractivity contribution in [2.75, 3.05) is 4.90 Å². The van der Waals surface area contributed by atoms with Gasteiger partial charge in [0.2, 0.25) is 0 Å². The van der Waals surface area contributed by atoms with Gasteiger partial charge in [0.25, 0.3) is 5.91 Å². The van der Waals surface area contributed by atoms with Crippen molar-refractivity contribution >= 4 is 17.7 Å². The molecule has 0 radical (unpaired) electrons. The normalized spacial score (nSPS) is 18.0. The van der Waals surface area contributed by atoms with E-state index in [0.717, 1.165) is 0 Å². The van der Waals surface area contributed by atoms with Crippen molar-refractivity contribution in [3.63, 3.8) is 0 Å². The molecule has 2 amide bonds. The highest BCUT2D eigenvalue weighted by Crippen LogP contribution is 2.23. The highest BCUT2D eigenvalue weighted by Gasteiger charge is 2.40. The first-order valence-electron chi connectivity index (χ1n) is 6.17. The van der Waals surface area contributed by atoms with Gasteiger partial charge in [-0.3, -0.25) is 9.78 Å². The fourth-order valence-corrected chi connectivity index (χ4v) is 1.98. The summed E-state index contributed by atoms with van der Waals surface area (Å²) in [6.45, 7) is 1.44. The summed E-state index contributed by atoms with van der Waals surface area (Å²) in [4.78, 5) is 40.0. The molecule has 3 rings (SSSR count). The van der Waals surface area contributed by atoms with Crippen molar-refractivity contribution in [1.29, 1.82) is 0 Å². The largest absolute Gasteiger partial charge is 0.436 e. The molecule has 3 heterocycles. The number of imide groups is 1. The van der Waals surface area contributed by atoms with E-state index in [9.17, 15) is 14.4 Å². The van der Waals surface area contributed by atoms with Gasteiger partial charge >= 0.3 is 11.7 Å². The Morgan fingerprint density at radius 2 is 2.00 bits per heavy atom. The smallest absolute Gasteiger partial charge is 0.422 e. The molecule has 1 aliphatic rings. The van der Waals surface area contributed by atoms with Crippen LogP contribution < -0.4 is 10.5 Å². The monoisotopic (exact) mass is 286 g/mol. The molecule has 0 saturated carbocycles. The molecule has 7 nitrogen and oxygen atoms in total. The Morgan fingerprint density at radius 3 is 2.57 bits per heavy atom. The van der Waals surface area contributed by atoms with Crippen LogP contribution in [0.3, 0.4) is 0 Å². The first-order chi connectivity index (χ1) is 10.1. The van der Waals surface area contributed by atoms with E-state index in [1.807, 2.05) is 0 Å². The molecule has 0 aromatic carbocycles. The number of cyclic esters (lactones) is 1. The molecular formula is C14H10N2O5. The fourth-order valence-electron chi connectivity index (χ4n) is 1.98. The second kappa shape index (κ2) is 4.86. The average Bonchev–Trinajstić information content (AvgIpc) is 2.74. The molecule has 1 aliphatic heterocycles. The van der Waals surface area contributed by atoms with Gasteiger partial charge in [0, 0.05) is 18.0 Å². The standard InChI is InChI=1S/C14H10N2O5/c1-8-12(17)16(14(19)20-8)10-4-5-11(21-13(10)18)9-3-2-6-15-7-9/h2-8H,1H3. The lowest BCUT2D eigenvalue weighted by Gasteiger charge is -2.09. The number of amides is 2. The van der Waals surface area contributed by atoms with Crippen LogP contribution in [-0.2, 0) is 9.53 Å². The average molecular weight is 286 g/mol. The van der Waals surface area contributed by atoms with Gasteiger partial charge in [0.05, 0.1) is 0 Å². The van der Waals surface area contributed by atoms with Crippen LogP contribution in [0.2, 0.25) is 0 Å². The number of hydrogen-bond donors (Lipinski definition) is 0. The van der Waals surface area contributed by atoms with Crippen molar-refractivity contribution in [3.8, 4) is 11.3 Å². The van der Waals surface area contributed by atoms with E-state index in [4.69, 9.17) is 9.15 Å². The number of hydrogen-bond acceptors (Lipinski definition) is 6. The molecule has 1 atom stereocenters. The van der Waals surface area contributed by atoms with Crippen LogP contribution in [0.4, 0.5) is 10.5 Å². The first-order valence-corrected chi connectivity index (χ1v) is 6.17. The van der Waals surface area contributed by atoms with Gasteiger partial charge in [-0.25, -0.2) is 14.5 Å². The van der Waals surface area contributed by atoms with E-state index in [1.54, 1.807) is 18.3 Å². The van der Waals surface area contributed by atoms with Gasteiger partial charge < -0.3 is 9.15 Å². The molecule has 2 aromatic heterocycles. The summed E-state index contributed by atoms with van der Waals surface area (Å²) in [5.41, 5.74) is -0.345. The SMILES string of the molecule is CC1OC(=O)N(c2ccc(-c3cccnc3)oc2=O)C1=O. The van der Waals surface area contributed by atoms with Crippen LogP contribution in [0.25, 0.3) is 11.3 Å². The lowest BCUT2D eigenvalue weighted by Crippen LogP contribution is -2.34. The third kappa shape index (κ3) is 2.18. The van der Waals surface area contributed by atoms with E-state index in [-0.39, 0.29) is 5.69 Å². The number of nitrogens with zero attached hydrogens (tertiary/aromatic N) is 2. The molecule has 0 spiro atoms. The number of anilines is 1. The minimum atomic E-state index is -0.908. The minimum Gasteiger partial charge on any atom is -0.436 e. The quantitative estimate of drug-likeness (QED) is 0.832. The Balaban J connectivity index is 2.02. The number of aromatic nitrogens is 1. The molecule has 0 aliphatic carbocycles. The summed E-state index contributed by atoms with van der Waals surface area (Å²) in [6.07, 6.45) is 1.34. The van der Waals surface area contributed by atoms with Crippen molar-refractivity contribution in [2.45, 2.75) is 13.0 Å². The summed E-state index contributed by atoms with van der Waals surface area (Å²) in [5, 5.41) is 0. The topological polar surface area (TPSA) is 89.7 Å². The molecule has 1 unspecified atom stereocenters. The predicted molar refractivity (Wildman–Crippen MR) is 71.6 cm³/mol. The molecule has 0 N–H and O–H groups in total. The third-order valence-corrected chi connectivity index (χ3v) is 3.02. The van der Waals surface area contributed by atoms with E-state index in [2.05, 4.69) is 4.98 Å². The number of carbonyl (C=O) groups excluding carboxylic acids is 2. The van der Waals surface area contributed by atoms with Crippen LogP contribution in [0.1, 0.15) is 6.92 Å². The van der Waals surface area contributed by atoms with Crippen LogP contribution >= 0.6 is 0 Å². The molecule has 7 heteroatoms. The highest BCUT2D eigenvalue weighted by atomic mass is 16.6. The Hall–Kier alpha value is -2.96. The lowest BCUT2D eigenvalue weighted by molar-refractivity contribution is -0.121. The Bertz CT molecular complexity index is 768. The molecule has 2 aromatic rings. The second-order valence-corrected chi connectivity index (χ2v) is 4.41. The number of carbonyl (C=O) groups is 2. The summed E-state index contributed by atoms with van der Waals surface area (Å²) < 4.78 is 9.90. The third-order valence-electron chi connectivity index (χ3n) is 3.02. The van der Waals surface area contributed by atoms with Gasteiger partial charge in [-0.15, -0.1) is 0 Å². The van der Waals surface area contributed by atoms with Crippen LogP contribution in [0.15, 0.2) is 45.9 Å². The van der Waals surface area contributed by atoms with E-state index < -0.39 is 23.7 Å². The maximum absolute atomic E-state index is 12.0. The molecule has 1 saturated heterocycles. The number of pyridine rings is 1. The molecule has 106 valence electrons. The Morgan fingerprint density at radius 1 is 1.19 bits per heavy atom. The maximum Gasteiger partial charge on any atom is 0.422 e. The van der Waals surface area contributed by atoms with Crippen LogP contribution in [0.5, 0.6) is 0 Å². The maximum atomic E-state index is 12.0. The zero-order valence-corrected chi connectivity index (χ0v) is 11.0. The van der Waals surface area contributed by atoms with Gasteiger partial charge in [-0.2, -0.15) is 0 Å². The summed E-state index contributed by atoms with van der Waals surface area (Å²) in [6, 6.07) is 6.28. The van der Waals surface area contributed by atoms with Crippen molar-refractivity contribution in [2.24, 2.45) is 0 Å². The van der Waals surface area contributed by atoms with Crippen molar-refractivity contribution in [3.05, 3.63) is 47.1 Å². The van der Waals surface area contributed by atoms with Gasteiger partial charge in [-0.05, 0) is 31.2 Å². The Kier molecular flexibility index (Phi) is 3.02. The lowest BCUT2D eigenvalue weighted by atomic mass is 10.2. The molecule has 0 bridgehead atoms. The van der Waals surface area contributed by atoms with Gasteiger partial charge in [-0.1, -0.05) is 0 Å². The fraction of sp³-hybridized carbons (Fsp3) is 0.143. The minimum absolute atomic E-state index is 0.165. The van der Waals surface area contributed by atoms with Crippen LogP contribution in [0, 0.1) is 0 Å². The van der Waals surface area contributed by atoms with Gasteiger partial charge in [0.15, 0.2) is 6.10 Å².